The van der Waals surface area contributed by atoms with Gasteiger partial charge in [0.05, 0.1) is 17.1 Å². The fourth-order valence-electron chi connectivity index (χ4n) is 2.94. The molecule has 0 spiro atoms. The number of thioether (sulfide) groups is 1. The van der Waals surface area contributed by atoms with Crippen molar-refractivity contribution in [2.75, 3.05) is 30.8 Å². The average Bonchev–Trinajstić information content (AvgIpc) is 3.15. The molecule has 1 aliphatic rings. The summed E-state index contributed by atoms with van der Waals surface area (Å²) in [5.74, 6) is 1.19. The molecule has 3 rings (SSSR count). The van der Waals surface area contributed by atoms with Gasteiger partial charge < -0.3 is 9.80 Å². The summed E-state index contributed by atoms with van der Waals surface area (Å²) in [6.07, 6.45) is 4.58. The highest BCUT2D eigenvalue weighted by molar-refractivity contribution is 8.00. The Labute approximate surface area is 147 Å². The summed E-state index contributed by atoms with van der Waals surface area (Å²) < 4.78 is 1.74. The van der Waals surface area contributed by atoms with E-state index in [2.05, 4.69) is 41.3 Å². The summed E-state index contributed by atoms with van der Waals surface area (Å²) in [5, 5.41) is 4.23. The highest BCUT2D eigenvalue weighted by Crippen LogP contribution is 2.28. The van der Waals surface area contributed by atoms with Gasteiger partial charge in [0.25, 0.3) is 0 Å². The third kappa shape index (κ3) is 4.19. The zero-order valence-electron chi connectivity index (χ0n) is 14.3. The third-order valence-electron chi connectivity index (χ3n) is 4.25. The highest BCUT2D eigenvalue weighted by atomic mass is 32.2. The molecule has 1 fully saturated rings. The van der Waals surface area contributed by atoms with Gasteiger partial charge in [-0.2, -0.15) is 5.10 Å². The first-order valence-corrected chi connectivity index (χ1v) is 9.32. The molecule has 24 heavy (non-hydrogen) atoms. The summed E-state index contributed by atoms with van der Waals surface area (Å²) in [6.45, 7) is 2.72. The number of amides is 1. The van der Waals surface area contributed by atoms with Crippen LogP contribution < -0.4 is 4.90 Å². The van der Waals surface area contributed by atoms with Crippen molar-refractivity contribution in [1.82, 2.24) is 14.7 Å². The molecule has 1 amide bonds. The predicted octanol–water partition coefficient (Wildman–Crippen LogP) is 2.39. The quantitative estimate of drug-likeness (QED) is 0.773. The van der Waals surface area contributed by atoms with E-state index in [4.69, 9.17) is 0 Å². The van der Waals surface area contributed by atoms with Crippen molar-refractivity contribution >= 4 is 23.4 Å². The number of rotatable bonds is 7. The molecular formula is C18H24N4OS. The standard InChI is InChI=1S/C18H24N4OS/c1-20(13-15-6-4-3-5-7-15)10-11-24-17-8-9-22(18(17)23)16-12-19-21(2)14-16/h3-7,12,14,17H,8-11,13H2,1-2H3. The van der Waals surface area contributed by atoms with Crippen LogP contribution in [0.2, 0.25) is 0 Å². The van der Waals surface area contributed by atoms with Gasteiger partial charge in [-0.3, -0.25) is 9.48 Å². The van der Waals surface area contributed by atoms with E-state index in [1.807, 2.05) is 24.2 Å². The summed E-state index contributed by atoms with van der Waals surface area (Å²) in [4.78, 5) is 16.7. The number of carbonyl (C=O) groups excluding carboxylic acids is 1. The summed E-state index contributed by atoms with van der Waals surface area (Å²) in [7, 11) is 4.00. The summed E-state index contributed by atoms with van der Waals surface area (Å²) >= 11 is 1.78. The van der Waals surface area contributed by atoms with Crippen LogP contribution in [0.25, 0.3) is 0 Å². The first-order chi connectivity index (χ1) is 11.6. The Hall–Kier alpha value is -1.79. The lowest BCUT2D eigenvalue weighted by Crippen LogP contribution is -2.28. The van der Waals surface area contributed by atoms with E-state index in [0.29, 0.717) is 0 Å². The molecule has 2 aromatic rings. The number of hydrogen-bond acceptors (Lipinski definition) is 4. The van der Waals surface area contributed by atoms with Crippen molar-refractivity contribution in [3.63, 3.8) is 0 Å². The molecule has 1 aromatic carbocycles. The number of benzene rings is 1. The van der Waals surface area contributed by atoms with Crippen LogP contribution in [0.1, 0.15) is 12.0 Å². The van der Waals surface area contributed by atoms with Crippen molar-refractivity contribution in [3.8, 4) is 0 Å². The second-order valence-electron chi connectivity index (χ2n) is 6.23. The average molecular weight is 344 g/mol. The number of nitrogens with zero attached hydrogens (tertiary/aromatic N) is 4. The second-order valence-corrected chi connectivity index (χ2v) is 7.54. The molecule has 0 saturated carbocycles. The minimum atomic E-state index is 0.0790. The van der Waals surface area contributed by atoms with Crippen molar-refractivity contribution < 1.29 is 4.79 Å². The molecule has 1 aromatic heterocycles. The normalized spacial score (nSPS) is 17.9. The maximum Gasteiger partial charge on any atom is 0.240 e. The molecule has 1 aliphatic heterocycles. The van der Waals surface area contributed by atoms with Gasteiger partial charge in [-0.15, -0.1) is 11.8 Å². The zero-order chi connectivity index (χ0) is 16.9. The van der Waals surface area contributed by atoms with E-state index < -0.39 is 0 Å². The smallest absolute Gasteiger partial charge is 0.240 e. The third-order valence-corrected chi connectivity index (χ3v) is 5.50. The van der Waals surface area contributed by atoms with E-state index in [9.17, 15) is 4.79 Å². The fraction of sp³-hybridized carbons (Fsp3) is 0.444. The van der Waals surface area contributed by atoms with Gasteiger partial charge in [0, 0.05) is 38.6 Å². The van der Waals surface area contributed by atoms with Crippen LogP contribution in [0.5, 0.6) is 0 Å². The molecule has 1 unspecified atom stereocenters. The number of aromatic nitrogens is 2. The molecule has 5 nitrogen and oxygen atoms in total. The number of aryl methyl sites for hydroxylation is 1. The first-order valence-electron chi connectivity index (χ1n) is 8.27. The van der Waals surface area contributed by atoms with Crippen LogP contribution in [0.4, 0.5) is 5.69 Å². The van der Waals surface area contributed by atoms with Crippen LogP contribution in [0.15, 0.2) is 42.7 Å². The van der Waals surface area contributed by atoms with Crippen molar-refractivity contribution in [3.05, 3.63) is 48.3 Å². The van der Waals surface area contributed by atoms with Gasteiger partial charge in [-0.25, -0.2) is 0 Å². The molecular weight excluding hydrogens is 320 g/mol. The first kappa shape index (κ1) is 17.0. The SMILES string of the molecule is CN(CCSC1CCN(c2cnn(C)c2)C1=O)Cc1ccccc1. The van der Waals surface area contributed by atoms with Crippen LogP contribution in [-0.2, 0) is 18.4 Å². The lowest BCUT2D eigenvalue weighted by molar-refractivity contribution is -0.116. The predicted molar refractivity (Wildman–Crippen MR) is 99.2 cm³/mol. The monoisotopic (exact) mass is 344 g/mol. The number of anilines is 1. The van der Waals surface area contributed by atoms with Crippen molar-refractivity contribution in [2.45, 2.75) is 18.2 Å². The van der Waals surface area contributed by atoms with Crippen LogP contribution in [0, 0.1) is 0 Å². The molecule has 1 atom stereocenters. The Balaban J connectivity index is 1.43. The van der Waals surface area contributed by atoms with E-state index in [1.165, 1.54) is 5.56 Å². The summed E-state index contributed by atoms with van der Waals surface area (Å²) in [5.41, 5.74) is 2.23. The minimum absolute atomic E-state index is 0.0790. The summed E-state index contributed by atoms with van der Waals surface area (Å²) in [6, 6.07) is 10.5. The Bertz CT molecular complexity index is 673. The molecule has 0 N–H and O–H groups in total. The molecule has 0 radical (unpaired) electrons. The highest BCUT2D eigenvalue weighted by Gasteiger charge is 2.33. The van der Waals surface area contributed by atoms with Crippen molar-refractivity contribution in [1.29, 1.82) is 0 Å². The Morgan fingerprint density at radius 2 is 2.12 bits per heavy atom. The molecule has 0 bridgehead atoms. The van der Waals surface area contributed by atoms with Crippen molar-refractivity contribution in [2.24, 2.45) is 7.05 Å². The van der Waals surface area contributed by atoms with E-state index in [1.54, 1.807) is 22.6 Å². The largest absolute Gasteiger partial charge is 0.308 e. The van der Waals surface area contributed by atoms with Gasteiger partial charge >= 0.3 is 0 Å². The number of hydrogen-bond donors (Lipinski definition) is 0. The number of carbonyl (C=O) groups is 1. The maximum atomic E-state index is 12.5. The minimum Gasteiger partial charge on any atom is -0.308 e. The molecule has 2 heterocycles. The zero-order valence-corrected chi connectivity index (χ0v) is 15.1. The van der Waals surface area contributed by atoms with E-state index in [0.717, 1.165) is 37.5 Å². The van der Waals surface area contributed by atoms with Crippen LogP contribution in [-0.4, -0.2) is 51.7 Å². The van der Waals surface area contributed by atoms with E-state index >= 15 is 0 Å². The molecule has 0 aliphatic carbocycles. The van der Waals surface area contributed by atoms with Gasteiger partial charge in [0.1, 0.15) is 0 Å². The van der Waals surface area contributed by atoms with Gasteiger partial charge in [-0.05, 0) is 19.0 Å². The Morgan fingerprint density at radius 1 is 1.33 bits per heavy atom. The topological polar surface area (TPSA) is 41.4 Å². The molecule has 6 heteroatoms. The molecule has 128 valence electrons. The van der Waals surface area contributed by atoms with Gasteiger partial charge in [0.2, 0.25) is 5.91 Å². The Morgan fingerprint density at radius 3 is 2.83 bits per heavy atom. The Kier molecular flexibility index (Phi) is 5.58. The lowest BCUT2D eigenvalue weighted by atomic mass is 10.2. The van der Waals surface area contributed by atoms with E-state index in [-0.39, 0.29) is 11.2 Å². The maximum absolute atomic E-state index is 12.5. The fourth-order valence-corrected chi connectivity index (χ4v) is 4.18. The van der Waals surface area contributed by atoms with Gasteiger partial charge in [-0.1, -0.05) is 30.3 Å². The van der Waals surface area contributed by atoms with Crippen LogP contribution in [0.3, 0.4) is 0 Å². The molecule has 1 saturated heterocycles. The lowest BCUT2D eigenvalue weighted by Gasteiger charge is -2.18. The second kappa shape index (κ2) is 7.85. The van der Waals surface area contributed by atoms with Gasteiger partial charge in [0.15, 0.2) is 0 Å². The van der Waals surface area contributed by atoms with Crippen LogP contribution >= 0.6 is 11.8 Å².